The number of amides is 1. The van der Waals surface area contributed by atoms with Gasteiger partial charge in [-0.05, 0) is 12.1 Å². The first-order chi connectivity index (χ1) is 7.81. The molecule has 0 saturated heterocycles. The number of nitrogens with one attached hydrogen (secondary N) is 1. The van der Waals surface area contributed by atoms with E-state index in [0.717, 1.165) is 10.8 Å². The Labute approximate surface area is 92.5 Å². The van der Waals surface area contributed by atoms with Gasteiger partial charge in [0.05, 0.1) is 6.07 Å². The number of fused-ring (bicyclic) bond motifs is 1. The van der Waals surface area contributed by atoms with E-state index in [-0.39, 0.29) is 12.3 Å². The lowest BCUT2D eigenvalue weighted by atomic mass is 10.1. The number of hydrogen-bond acceptors (Lipinski definition) is 3. The molecule has 4 nitrogen and oxygen atoms in total. The summed E-state index contributed by atoms with van der Waals surface area (Å²) >= 11 is 0. The minimum atomic E-state index is -0.299. The number of carbonyl (C=O) groups is 1. The summed E-state index contributed by atoms with van der Waals surface area (Å²) in [5.41, 5.74) is 0.708. The maximum atomic E-state index is 11.3. The molecule has 1 amide bonds. The number of aromatic nitrogens is 1. The van der Waals surface area contributed by atoms with Crippen molar-refractivity contribution in [2.45, 2.75) is 6.42 Å². The van der Waals surface area contributed by atoms with Crippen LogP contribution in [0, 0.1) is 11.3 Å². The fourth-order valence-corrected chi connectivity index (χ4v) is 1.50. The topological polar surface area (TPSA) is 65.8 Å². The number of anilines is 1. The van der Waals surface area contributed by atoms with Crippen molar-refractivity contribution >= 4 is 22.4 Å². The summed E-state index contributed by atoms with van der Waals surface area (Å²) in [6, 6.07) is 9.20. The Morgan fingerprint density at radius 2 is 2.31 bits per heavy atom. The number of rotatable bonds is 2. The minimum absolute atomic E-state index is 0.137. The van der Waals surface area contributed by atoms with Gasteiger partial charge in [0.1, 0.15) is 6.42 Å². The molecule has 0 aliphatic rings. The minimum Gasteiger partial charge on any atom is -0.325 e. The van der Waals surface area contributed by atoms with E-state index < -0.39 is 0 Å². The van der Waals surface area contributed by atoms with E-state index in [1.54, 1.807) is 18.5 Å². The summed E-state index contributed by atoms with van der Waals surface area (Å²) in [7, 11) is 0. The monoisotopic (exact) mass is 211 g/mol. The first-order valence-corrected chi connectivity index (χ1v) is 4.81. The highest BCUT2D eigenvalue weighted by atomic mass is 16.1. The molecule has 0 saturated carbocycles. The Morgan fingerprint density at radius 3 is 3.12 bits per heavy atom. The Balaban J connectivity index is 2.38. The molecule has 0 radical (unpaired) electrons. The average Bonchev–Trinajstić information content (AvgIpc) is 2.30. The molecule has 0 atom stereocenters. The number of benzene rings is 1. The number of nitrogens with zero attached hydrogens (tertiary/aromatic N) is 2. The Kier molecular flexibility index (Phi) is 2.79. The predicted molar refractivity (Wildman–Crippen MR) is 60.6 cm³/mol. The van der Waals surface area contributed by atoms with Crippen LogP contribution in [0.15, 0.2) is 36.7 Å². The fourth-order valence-electron chi connectivity index (χ4n) is 1.50. The fraction of sp³-hybridized carbons (Fsp3) is 0.0833. The first kappa shape index (κ1) is 10.1. The van der Waals surface area contributed by atoms with E-state index in [4.69, 9.17) is 5.26 Å². The molecule has 0 spiro atoms. The van der Waals surface area contributed by atoms with Crippen LogP contribution in [0.5, 0.6) is 0 Å². The third kappa shape index (κ3) is 1.98. The van der Waals surface area contributed by atoms with E-state index in [2.05, 4.69) is 10.3 Å². The maximum Gasteiger partial charge on any atom is 0.238 e. The highest BCUT2D eigenvalue weighted by Crippen LogP contribution is 2.21. The zero-order valence-corrected chi connectivity index (χ0v) is 8.47. The molecular formula is C12H9N3O. The van der Waals surface area contributed by atoms with Gasteiger partial charge in [-0.2, -0.15) is 5.26 Å². The number of carbonyl (C=O) groups excluding carboxylic acids is 1. The van der Waals surface area contributed by atoms with Crippen LogP contribution >= 0.6 is 0 Å². The van der Waals surface area contributed by atoms with Gasteiger partial charge in [0, 0.05) is 28.9 Å². The molecule has 78 valence electrons. The molecule has 0 aliphatic carbocycles. The summed E-state index contributed by atoms with van der Waals surface area (Å²) in [5.74, 6) is -0.299. The molecule has 16 heavy (non-hydrogen) atoms. The lowest BCUT2D eigenvalue weighted by Crippen LogP contribution is -2.10. The van der Waals surface area contributed by atoms with Gasteiger partial charge < -0.3 is 5.32 Å². The second-order valence-electron chi connectivity index (χ2n) is 3.29. The molecule has 2 aromatic rings. The molecule has 2 rings (SSSR count). The van der Waals surface area contributed by atoms with Crippen molar-refractivity contribution in [3.8, 4) is 6.07 Å². The van der Waals surface area contributed by atoms with Gasteiger partial charge in [0.15, 0.2) is 0 Å². The van der Waals surface area contributed by atoms with Crippen molar-refractivity contribution in [2.24, 2.45) is 0 Å². The van der Waals surface area contributed by atoms with E-state index in [1.807, 2.05) is 24.3 Å². The van der Waals surface area contributed by atoms with E-state index in [0.29, 0.717) is 5.69 Å². The highest BCUT2D eigenvalue weighted by molar-refractivity contribution is 6.02. The SMILES string of the molecule is N#CCC(=O)Nc1cccc2cnccc12. The second-order valence-corrected chi connectivity index (χ2v) is 3.29. The molecule has 1 aromatic carbocycles. The summed E-state index contributed by atoms with van der Waals surface area (Å²) in [4.78, 5) is 15.3. The van der Waals surface area contributed by atoms with Gasteiger partial charge in [-0.25, -0.2) is 0 Å². The van der Waals surface area contributed by atoms with E-state index in [1.165, 1.54) is 0 Å². The molecule has 0 unspecified atom stereocenters. The van der Waals surface area contributed by atoms with Crippen molar-refractivity contribution in [3.05, 3.63) is 36.7 Å². The Hall–Kier alpha value is -2.41. The van der Waals surface area contributed by atoms with Crippen LogP contribution in [-0.4, -0.2) is 10.9 Å². The number of pyridine rings is 1. The normalized spacial score (nSPS) is 9.69. The van der Waals surface area contributed by atoms with Gasteiger partial charge in [0.25, 0.3) is 0 Å². The molecule has 4 heteroatoms. The van der Waals surface area contributed by atoms with Crippen LogP contribution in [0.25, 0.3) is 10.8 Å². The molecule has 1 aromatic heterocycles. The Bertz CT molecular complexity index is 566. The maximum absolute atomic E-state index is 11.3. The molecule has 0 aliphatic heterocycles. The van der Waals surface area contributed by atoms with E-state index >= 15 is 0 Å². The van der Waals surface area contributed by atoms with Crippen LogP contribution in [0.3, 0.4) is 0 Å². The van der Waals surface area contributed by atoms with Crippen molar-refractivity contribution in [1.82, 2.24) is 4.98 Å². The van der Waals surface area contributed by atoms with Gasteiger partial charge in [-0.15, -0.1) is 0 Å². The standard InChI is InChI=1S/C12H9N3O/c13-6-4-12(16)15-11-3-1-2-9-8-14-7-5-10(9)11/h1-3,5,7-8H,4H2,(H,15,16). The average molecular weight is 211 g/mol. The van der Waals surface area contributed by atoms with Crippen molar-refractivity contribution in [2.75, 3.05) is 5.32 Å². The van der Waals surface area contributed by atoms with Crippen molar-refractivity contribution in [3.63, 3.8) is 0 Å². The molecule has 0 bridgehead atoms. The largest absolute Gasteiger partial charge is 0.325 e. The summed E-state index contributed by atoms with van der Waals surface area (Å²) in [6.07, 6.45) is 3.26. The second kappa shape index (κ2) is 4.41. The van der Waals surface area contributed by atoms with Gasteiger partial charge in [-0.3, -0.25) is 9.78 Å². The zero-order valence-electron chi connectivity index (χ0n) is 8.47. The summed E-state index contributed by atoms with van der Waals surface area (Å²) in [6.45, 7) is 0. The van der Waals surface area contributed by atoms with Crippen LogP contribution in [0.2, 0.25) is 0 Å². The van der Waals surface area contributed by atoms with Crippen molar-refractivity contribution in [1.29, 1.82) is 5.26 Å². The lowest BCUT2D eigenvalue weighted by Gasteiger charge is -2.06. The van der Waals surface area contributed by atoms with Gasteiger partial charge in [0.2, 0.25) is 5.91 Å². The molecule has 0 fully saturated rings. The van der Waals surface area contributed by atoms with E-state index in [9.17, 15) is 4.79 Å². The number of nitriles is 1. The third-order valence-electron chi connectivity index (χ3n) is 2.19. The molecular weight excluding hydrogens is 202 g/mol. The smallest absolute Gasteiger partial charge is 0.238 e. The van der Waals surface area contributed by atoms with Crippen LogP contribution in [0.4, 0.5) is 5.69 Å². The molecule has 1 heterocycles. The summed E-state index contributed by atoms with van der Waals surface area (Å²) in [5, 5.41) is 13.0. The van der Waals surface area contributed by atoms with Gasteiger partial charge in [-0.1, -0.05) is 12.1 Å². The van der Waals surface area contributed by atoms with Gasteiger partial charge >= 0.3 is 0 Å². The van der Waals surface area contributed by atoms with Crippen LogP contribution in [0.1, 0.15) is 6.42 Å². The first-order valence-electron chi connectivity index (χ1n) is 4.81. The quantitative estimate of drug-likeness (QED) is 0.827. The van der Waals surface area contributed by atoms with Crippen LogP contribution < -0.4 is 5.32 Å². The lowest BCUT2D eigenvalue weighted by molar-refractivity contribution is -0.115. The Morgan fingerprint density at radius 1 is 1.44 bits per heavy atom. The third-order valence-corrected chi connectivity index (χ3v) is 2.19. The molecule has 1 N–H and O–H groups in total. The summed E-state index contributed by atoms with van der Waals surface area (Å²) < 4.78 is 0. The van der Waals surface area contributed by atoms with Crippen molar-refractivity contribution < 1.29 is 4.79 Å². The zero-order chi connectivity index (χ0) is 11.4. The van der Waals surface area contributed by atoms with Crippen LogP contribution in [-0.2, 0) is 4.79 Å². The number of hydrogen-bond donors (Lipinski definition) is 1. The highest BCUT2D eigenvalue weighted by Gasteiger charge is 2.04. The predicted octanol–water partition coefficient (Wildman–Crippen LogP) is 2.09.